The van der Waals surface area contributed by atoms with Crippen molar-refractivity contribution in [2.75, 3.05) is 13.1 Å². The Bertz CT molecular complexity index is 269. The van der Waals surface area contributed by atoms with Crippen molar-refractivity contribution in [2.45, 2.75) is 12.3 Å². The second-order valence-electron chi connectivity index (χ2n) is 3.09. The highest BCUT2D eigenvalue weighted by molar-refractivity contribution is 9.10. The lowest BCUT2D eigenvalue weighted by molar-refractivity contribution is 0.757. The number of pyridine rings is 1. The van der Waals surface area contributed by atoms with Crippen LogP contribution in [0.15, 0.2) is 22.9 Å². The van der Waals surface area contributed by atoms with Gasteiger partial charge in [0.25, 0.3) is 0 Å². The molecule has 0 radical (unpaired) electrons. The molecular formula is C9H11BrN2. The number of hydrogen-bond donors (Lipinski definition) is 1. The van der Waals surface area contributed by atoms with Gasteiger partial charge in [0.1, 0.15) is 0 Å². The molecule has 0 saturated carbocycles. The van der Waals surface area contributed by atoms with E-state index in [1.165, 1.54) is 12.0 Å². The summed E-state index contributed by atoms with van der Waals surface area (Å²) in [6.45, 7) is 2.24. The third-order valence-corrected chi connectivity index (χ3v) is 2.97. The number of aromatic nitrogens is 1. The molecule has 0 amide bonds. The lowest BCUT2D eigenvalue weighted by Gasteiger charge is -2.09. The summed E-state index contributed by atoms with van der Waals surface area (Å²) >= 11 is 3.52. The summed E-state index contributed by atoms with van der Waals surface area (Å²) in [4.78, 5) is 4.05. The van der Waals surface area contributed by atoms with Crippen molar-refractivity contribution in [3.8, 4) is 0 Å². The van der Waals surface area contributed by atoms with E-state index in [4.69, 9.17) is 0 Å². The van der Waals surface area contributed by atoms with E-state index in [-0.39, 0.29) is 0 Å². The lowest BCUT2D eigenvalue weighted by atomic mass is 10.00. The van der Waals surface area contributed by atoms with Crippen LogP contribution in [-0.4, -0.2) is 18.1 Å². The smallest absolute Gasteiger partial charge is 0.0413 e. The van der Waals surface area contributed by atoms with Gasteiger partial charge in [-0.1, -0.05) is 0 Å². The molecule has 2 heterocycles. The van der Waals surface area contributed by atoms with E-state index < -0.39 is 0 Å². The fourth-order valence-corrected chi connectivity index (χ4v) is 2.21. The highest BCUT2D eigenvalue weighted by Crippen LogP contribution is 2.27. The molecule has 12 heavy (non-hydrogen) atoms. The number of halogens is 1. The first-order valence-electron chi connectivity index (χ1n) is 4.18. The summed E-state index contributed by atoms with van der Waals surface area (Å²) in [5.74, 6) is 0.669. The number of nitrogens with zero attached hydrogens (tertiary/aromatic N) is 1. The molecule has 1 saturated heterocycles. The number of rotatable bonds is 1. The summed E-state index contributed by atoms with van der Waals surface area (Å²) in [7, 11) is 0. The maximum absolute atomic E-state index is 4.05. The molecule has 0 unspecified atom stereocenters. The predicted octanol–water partition coefficient (Wildman–Crippen LogP) is 1.92. The van der Waals surface area contributed by atoms with Gasteiger partial charge in [0.15, 0.2) is 0 Å². The minimum Gasteiger partial charge on any atom is -0.316 e. The molecule has 1 aromatic rings. The first-order chi connectivity index (χ1) is 5.88. The van der Waals surface area contributed by atoms with Crippen molar-refractivity contribution >= 4 is 15.9 Å². The van der Waals surface area contributed by atoms with E-state index in [1.54, 1.807) is 0 Å². The molecule has 1 aromatic heterocycles. The number of hydrogen-bond acceptors (Lipinski definition) is 2. The summed E-state index contributed by atoms with van der Waals surface area (Å²) in [5, 5.41) is 3.36. The van der Waals surface area contributed by atoms with E-state index in [1.807, 2.05) is 12.4 Å². The number of nitrogens with one attached hydrogen (secondary N) is 1. The maximum Gasteiger partial charge on any atom is 0.0413 e. The third-order valence-electron chi connectivity index (χ3n) is 2.30. The molecule has 0 bridgehead atoms. The van der Waals surface area contributed by atoms with E-state index >= 15 is 0 Å². The van der Waals surface area contributed by atoms with Crippen molar-refractivity contribution in [3.05, 3.63) is 28.5 Å². The zero-order valence-corrected chi connectivity index (χ0v) is 8.34. The van der Waals surface area contributed by atoms with Gasteiger partial charge in [-0.3, -0.25) is 4.98 Å². The normalized spacial score (nSPS) is 22.9. The summed E-state index contributed by atoms with van der Waals surface area (Å²) in [6, 6.07) is 2.10. The molecule has 0 aromatic carbocycles. The molecule has 1 aliphatic heterocycles. The Morgan fingerprint density at radius 2 is 2.50 bits per heavy atom. The Hall–Kier alpha value is -0.410. The second-order valence-corrected chi connectivity index (χ2v) is 3.94. The summed E-state index contributed by atoms with van der Waals surface area (Å²) < 4.78 is 1.14. The molecule has 3 heteroatoms. The standard InChI is InChI=1S/C9H11BrN2/c10-9-6-12-4-2-8(9)7-1-3-11-5-7/h2,4,6-7,11H,1,3,5H2/t7-/m0/s1. The van der Waals surface area contributed by atoms with Gasteiger partial charge in [0.2, 0.25) is 0 Å². The Morgan fingerprint density at radius 3 is 3.17 bits per heavy atom. The highest BCUT2D eigenvalue weighted by atomic mass is 79.9. The van der Waals surface area contributed by atoms with Crippen LogP contribution in [0.3, 0.4) is 0 Å². The van der Waals surface area contributed by atoms with Gasteiger partial charge in [0, 0.05) is 23.4 Å². The van der Waals surface area contributed by atoms with Crippen molar-refractivity contribution in [1.29, 1.82) is 0 Å². The Labute approximate surface area is 80.5 Å². The fraction of sp³-hybridized carbons (Fsp3) is 0.444. The topological polar surface area (TPSA) is 24.9 Å². The van der Waals surface area contributed by atoms with Crippen LogP contribution in [0.2, 0.25) is 0 Å². The van der Waals surface area contributed by atoms with Crippen LogP contribution in [0.25, 0.3) is 0 Å². The van der Waals surface area contributed by atoms with Crippen LogP contribution < -0.4 is 5.32 Å². The van der Waals surface area contributed by atoms with Crippen LogP contribution in [0.1, 0.15) is 17.9 Å². The minimum atomic E-state index is 0.669. The van der Waals surface area contributed by atoms with Crippen LogP contribution in [-0.2, 0) is 0 Å². The molecule has 64 valence electrons. The average Bonchev–Trinajstić information content (AvgIpc) is 2.57. The van der Waals surface area contributed by atoms with Crippen molar-refractivity contribution < 1.29 is 0 Å². The SMILES string of the molecule is Brc1cnccc1[C@H]1CCNC1. The van der Waals surface area contributed by atoms with Gasteiger partial charge in [-0.2, -0.15) is 0 Å². The van der Waals surface area contributed by atoms with Crippen LogP contribution in [0, 0.1) is 0 Å². The quantitative estimate of drug-likeness (QED) is 0.792. The van der Waals surface area contributed by atoms with E-state index in [0.717, 1.165) is 17.6 Å². The van der Waals surface area contributed by atoms with Crippen LogP contribution in [0.4, 0.5) is 0 Å². The Balaban J connectivity index is 2.26. The van der Waals surface area contributed by atoms with Crippen LogP contribution in [0.5, 0.6) is 0 Å². The van der Waals surface area contributed by atoms with E-state index in [0.29, 0.717) is 5.92 Å². The molecule has 0 spiro atoms. The van der Waals surface area contributed by atoms with Gasteiger partial charge in [-0.15, -0.1) is 0 Å². The molecule has 2 nitrogen and oxygen atoms in total. The molecular weight excluding hydrogens is 216 g/mol. The zero-order chi connectivity index (χ0) is 8.39. The maximum atomic E-state index is 4.05. The van der Waals surface area contributed by atoms with Gasteiger partial charge < -0.3 is 5.32 Å². The fourth-order valence-electron chi connectivity index (χ4n) is 1.64. The molecule has 1 atom stereocenters. The van der Waals surface area contributed by atoms with Crippen LogP contribution >= 0.6 is 15.9 Å². The average molecular weight is 227 g/mol. The molecule has 0 aliphatic carbocycles. The minimum absolute atomic E-state index is 0.669. The summed E-state index contributed by atoms with van der Waals surface area (Å²) in [5.41, 5.74) is 1.38. The lowest BCUT2D eigenvalue weighted by Crippen LogP contribution is -2.08. The largest absolute Gasteiger partial charge is 0.316 e. The van der Waals surface area contributed by atoms with Crippen molar-refractivity contribution in [1.82, 2.24) is 10.3 Å². The van der Waals surface area contributed by atoms with Gasteiger partial charge >= 0.3 is 0 Å². The van der Waals surface area contributed by atoms with Crippen molar-refractivity contribution in [3.63, 3.8) is 0 Å². The Morgan fingerprint density at radius 1 is 1.58 bits per heavy atom. The van der Waals surface area contributed by atoms with Gasteiger partial charge in [-0.25, -0.2) is 0 Å². The van der Waals surface area contributed by atoms with E-state index in [2.05, 4.69) is 32.3 Å². The first-order valence-corrected chi connectivity index (χ1v) is 4.97. The first kappa shape index (κ1) is 8.20. The van der Waals surface area contributed by atoms with E-state index in [9.17, 15) is 0 Å². The highest BCUT2D eigenvalue weighted by Gasteiger charge is 2.18. The van der Waals surface area contributed by atoms with Gasteiger partial charge in [-0.05, 0) is 46.4 Å². The molecule has 1 fully saturated rings. The van der Waals surface area contributed by atoms with Crippen molar-refractivity contribution in [2.24, 2.45) is 0 Å². The molecule has 2 rings (SSSR count). The second kappa shape index (κ2) is 3.54. The monoisotopic (exact) mass is 226 g/mol. The zero-order valence-electron chi connectivity index (χ0n) is 6.76. The predicted molar refractivity (Wildman–Crippen MR) is 52.2 cm³/mol. The molecule has 1 N–H and O–H groups in total. The summed E-state index contributed by atoms with van der Waals surface area (Å²) in [6.07, 6.45) is 4.97. The van der Waals surface area contributed by atoms with Gasteiger partial charge in [0.05, 0.1) is 0 Å². The third kappa shape index (κ3) is 1.52. The Kier molecular flexibility index (Phi) is 2.42. The molecule has 1 aliphatic rings.